The van der Waals surface area contributed by atoms with Gasteiger partial charge in [0.25, 0.3) is 5.69 Å². The molecule has 3 aromatic rings. The molecular weight excluding hydrogens is 404 g/mol. The molecule has 1 aliphatic carbocycles. The van der Waals surface area contributed by atoms with E-state index in [1.165, 1.54) is 54.5 Å². The maximum Gasteiger partial charge on any atom is 0.269 e. The van der Waals surface area contributed by atoms with E-state index in [2.05, 4.69) is 11.2 Å². The van der Waals surface area contributed by atoms with Gasteiger partial charge in [-0.05, 0) is 30.9 Å². The van der Waals surface area contributed by atoms with E-state index in [9.17, 15) is 20.2 Å². The van der Waals surface area contributed by atoms with Crippen LogP contribution in [0.5, 0.6) is 0 Å². The second-order valence-electron chi connectivity index (χ2n) is 7.12. The van der Waals surface area contributed by atoms with Crippen LogP contribution < -0.4 is 5.73 Å². The molecule has 1 aromatic carbocycles. The van der Waals surface area contributed by atoms with Crippen LogP contribution in [0.4, 0.5) is 11.4 Å². The lowest BCUT2D eigenvalue weighted by Gasteiger charge is -2.05. The number of carbonyl (C=O) groups is 1. The van der Waals surface area contributed by atoms with E-state index < -0.39 is 10.7 Å². The molecule has 2 aromatic heterocycles. The smallest absolute Gasteiger partial charge is 0.269 e. The Labute approximate surface area is 176 Å². The number of non-ortho nitro benzene ring substituents is 1. The van der Waals surface area contributed by atoms with Gasteiger partial charge < -0.3 is 10.3 Å². The number of hydrogen-bond donors (Lipinski definition) is 1. The second kappa shape index (κ2) is 8.08. The summed E-state index contributed by atoms with van der Waals surface area (Å²) in [6, 6.07) is 9.35. The number of ketones is 1. The van der Waals surface area contributed by atoms with Crippen molar-refractivity contribution in [2.45, 2.75) is 25.7 Å². The van der Waals surface area contributed by atoms with E-state index in [-0.39, 0.29) is 22.0 Å². The van der Waals surface area contributed by atoms with Gasteiger partial charge in [-0.3, -0.25) is 14.9 Å². The number of nitro benzene ring substituents is 1. The fraction of sp³-hybridized carbons (Fsp3) is 0.238. The summed E-state index contributed by atoms with van der Waals surface area (Å²) in [7, 11) is 0. The number of carbonyl (C=O) groups excluding carboxylic acids is 1. The van der Waals surface area contributed by atoms with Gasteiger partial charge in [0.1, 0.15) is 16.6 Å². The molecule has 2 N–H and O–H groups in total. The Morgan fingerprint density at radius 2 is 2.03 bits per heavy atom. The molecule has 0 bridgehead atoms. The third-order valence-electron chi connectivity index (χ3n) is 5.19. The number of rotatable bonds is 6. The zero-order valence-corrected chi connectivity index (χ0v) is 16.6. The van der Waals surface area contributed by atoms with Crippen molar-refractivity contribution >= 4 is 28.5 Å². The van der Waals surface area contributed by atoms with Crippen molar-refractivity contribution in [2.75, 3.05) is 5.73 Å². The SMILES string of the molecule is N#Cc1c([CH]C2CCCC2)sc(C(=O)c2cc(-c3ccc([N+](=O)[O-])cc3)no2)c1N. The standard InChI is InChI=1S/C21H17N4O4S/c22-11-15-18(9-12-3-1-2-4-12)30-21(19(15)23)20(26)17-10-16(24-29-17)13-5-7-14(8-6-13)25(27)28/h5-10,12H,1-4,23H2. The lowest BCUT2D eigenvalue weighted by atomic mass is 10.0. The van der Waals surface area contributed by atoms with E-state index in [4.69, 9.17) is 10.3 Å². The lowest BCUT2D eigenvalue weighted by molar-refractivity contribution is -0.384. The minimum atomic E-state index is -0.492. The number of nitriles is 1. The molecule has 1 saturated carbocycles. The summed E-state index contributed by atoms with van der Waals surface area (Å²) in [5.74, 6) is -0.0499. The molecule has 0 aliphatic heterocycles. The Morgan fingerprint density at radius 3 is 2.67 bits per heavy atom. The Balaban J connectivity index is 1.60. The summed E-state index contributed by atoms with van der Waals surface area (Å²) in [5, 5.41) is 24.2. The van der Waals surface area contributed by atoms with E-state index in [0.29, 0.717) is 22.7 Å². The molecule has 1 aliphatic rings. The van der Waals surface area contributed by atoms with Crippen LogP contribution in [0.3, 0.4) is 0 Å². The summed E-state index contributed by atoms with van der Waals surface area (Å²) < 4.78 is 5.21. The van der Waals surface area contributed by atoms with Gasteiger partial charge in [-0.2, -0.15) is 5.26 Å². The van der Waals surface area contributed by atoms with Crippen LogP contribution in [0, 0.1) is 33.8 Å². The van der Waals surface area contributed by atoms with Crippen LogP contribution in [0.15, 0.2) is 34.9 Å². The Kier molecular flexibility index (Phi) is 5.33. The molecule has 30 heavy (non-hydrogen) atoms. The van der Waals surface area contributed by atoms with Crippen molar-refractivity contribution in [3.05, 3.63) is 67.9 Å². The van der Waals surface area contributed by atoms with Crippen molar-refractivity contribution < 1.29 is 14.2 Å². The van der Waals surface area contributed by atoms with Crippen molar-refractivity contribution in [1.29, 1.82) is 5.26 Å². The highest BCUT2D eigenvalue weighted by Crippen LogP contribution is 2.38. The first-order valence-electron chi connectivity index (χ1n) is 9.41. The van der Waals surface area contributed by atoms with Crippen LogP contribution in [-0.2, 0) is 0 Å². The maximum absolute atomic E-state index is 13.0. The number of hydrogen-bond acceptors (Lipinski definition) is 8. The van der Waals surface area contributed by atoms with Gasteiger partial charge in [-0.25, -0.2) is 0 Å². The Morgan fingerprint density at radius 1 is 1.33 bits per heavy atom. The van der Waals surface area contributed by atoms with Crippen molar-refractivity contribution in [2.24, 2.45) is 5.92 Å². The number of nitrogen functional groups attached to an aromatic ring is 1. The molecule has 2 heterocycles. The predicted molar refractivity (Wildman–Crippen MR) is 111 cm³/mol. The largest absolute Gasteiger partial charge is 0.396 e. The fourth-order valence-corrected chi connectivity index (χ4v) is 4.73. The minimum absolute atomic E-state index is 0.00629. The first-order valence-corrected chi connectivity index (χ1v) is 10.2. The molecule has 0 amide bonds. The molecule has 1 fully saturated rings. The number of nitrogens with zero attached hydrogens (tertiary/aromatic N) is 3. The zero-order valence-electron chi connectivity index (χ0n) is 15.8. The molecule has 1 radical (unpaired) electrons. The van der Waals surface area contributed by atoms with Crippen LogP contribution in [-0.4, -0.2) is 15.9 Å². The van der Waals surface area contributed by atoms with E-state index in [1.54, 1.807) is 0 Å². The normalized spacial score (nSPS) is 14.0. The summed E-state index contributed by atoms with van der Waals surface area (Å²) in [5.41, 5.74) is 7.51. The van der Waals surface area contributed by atoms with Crippen molar-refractivity contribution in [3.8, 4) is 17.3 Å². The van der Waals surface area contributed by atoms with Crippen LogP contribution in [0.25, 0.3) is 11.3 Å². The van der Waals surface area contributed by atoms with Crippen LogP contribution >= 0.6 is 11.3 Å². The number of thiophene rings is 1. The average Bonchev–Trinajstić information content (AvgIpc) is 3.49. The summed E-state index contributed by atoms with van der Waals surface area (Å²) in [6.45, 7) is 0. The van der Waals surface area contributed by atoms with Crippen molar-refractivity contribution in [1.82, 2.24) is 5.16 Å². The number of nitro groups is 1. The summed E-state index contributed by atoms with van der Waals surface area (Å²) >= 11 is 1.20. The molecule has 8 nitrogen and oxygen atoms in total. The van der Waals surface area contributed by atoms with Gasteiger partial charge in [0.05, 0.1) is 16.2 Å². The summed E-state index contributed by atoms with van der Waals surface area (Å²) in [6.07, 6.45) is 6.53. The van der Waals surface area contributed by atoms with Gasteiger partial charge in [-0.1, -0.05) is 18.0 Å². The lowest BCUT2D eigenvalue weighted by Crippen LogP contribution is -2.01. The molecular formula is C21H17N4O4S. The molecule has 0 saturated heterocycles. The van der Waals surface area contributed by atoms with E-state index in [1.807, 2.05) is 6.42 Å². The molecule has 9 heteroatoms. The predicted octanol–water partition coefficient (Wildman–Crippen LogP) is 4.74. The highest BCUT2D eigenvalue weighted by molar-refractivity contribution is 7.15. The fourth-order valence-electron chi connectivity index (χ4n) is 3.59. The first kappa shape index (κ1) is 19.8. The summed E-state index contributed by atoms with van der Waals surface area (Å²) in [4.78, 5) is 24.2. The first-order chi connectivity index (χ1) is 14.5. The van der Waals surface area contributed by atoms with Gasteiger partial charge in [0, 0.05) is 35.1 Å². The van der Waals surface area contributed by atoms with Gasteiger partial charge >= 0.3 is 0 Å². The molecule has 0 unspecified atom stereocenters. The highest BCUT2D eigenvalue weighted by Gasteiger charge is 2.27. The van der Waals surface area contributed by atoms with Crippen molar-refractivity contribution in [3.63, 3.8) is 0 Å². The minimum Gasteiger partial charge on any atom is -0.396 e. The Hall–Kier alpha value is -3.51. The number of nitrogens with two attached hydrogens (primary N) is 1. The van der Waals surface area contributed by atoms with Gasteiger partial charge in [0.15, 0.2) is 0 Å². The Bertz CT molecular complexity index is 1150. The monoisotopic (exact) mass is 421 g/mol. The molecule has 151 valence electrons. The van der Waals surface area contributed by atoms with Gasteiger partial charge in [-0.15, -0.1) is 11.3 Å². The highest BCUT2D eigenvalue weighted by atomic mass is 32.1. The number of aromatic nitrogens is 1. The second-order valence-corrected chi connectivity index (χ2v) is 8.17. The average molecular weight is 421 g/mol. The maximum atomic E-state index is 13.0. The van der Waals surface area contributed by atoms with Crippen LogP contribution in [0.1, 0.15) is 51.6 Å². The number of anilines is 1. The topological polar surface area (TPSA) is 136 Å². The molecule has 4 rings (SSSR count). The van der Waals surface area contributed by atoms with Crippen LogP contribution in [0.2, 0.25) is 0 Å². The third-order valence-corrected chi connectivity index (χ3v) is 6.35. The quantitative estimate of drug-likeness (QED) is 0.345. The van der Waals surface area contributed by atoms with Gasteiger partial charge in [0.2, 0.25) is 11.5 Å². The zero-order chi connectivity index (χ0) is 21.3. The number of benzene rings is 1. The molecule has 0 spiro atoms. The van der Waals surface area contributed by atoms with E-state index in [0.717, 1.165) is 17.7 Å². The molecule has 0 atom stereocenters. The van der Waals surface area contributed by atoms with E-state index >= 15 is 0 Å². The third kappa shape index (κ3) is 3.69.